The molecule has 1 atom stereocenters. The summed E-state index contributed by atoms with van der Waals surface area (Å²) in [4.78, 5) is 11.9. The Bertz CT molecular complexity index is 629. The summed E-state index contributed by atoms with van der Waals surface area (Å²) in [5, 5.41) is 11.6. The van der Waals surface area contributed by atoms with Crippen LogP contribution in [0.25, 0.3) is 0 Å². The molecule has 0 fully saturated rings. The van der Waals surface area contributed by atoms with Gasteiger partial charge in [-0.2, -0.15) is 0 Å². The zero-order valence-electron chi connectivity index (χ0n) is 15.2. The topological polar surface area (TPSA) is 67.8 Å². The van der Waals surface area contributed by atoms with E-state index in [1.54, 1.807) is 20.8 Å². The SMILES string of the molecule is CCCC(C#Cc1cc(F)ccc1OCCO)NC(=O)OC(C)(C)C. The average Bonchev–Trinajstić information content (AvgIpc) is 2.50. The van der Waals surface area contributed by atoms with Crippen LogP contribution in [0.15, 0.2) is 18.2 Å². The highest BCUT2D eigenvalue weighted by molar-refractivity contribution is 5.68. The number of aliphatic hydroxyl groups is 1. The van der Waals surface area contributed by atoms with Crippen molar-refractivity contribution in [1.29, 1.82) is 0 Å². The molecule has 0 aliphatic heterocycles. The summed E-state index contributed by atoms with van der Waals surface area (Å²) in [6, 6.07) is 3.57. The van der Waals surface area contributed by atoms with Gasteiger partial charge in [0.1, 0.15) is 23.8 Å². The van der Waals surface area contributed by atoms with Crippen molar-refractivity contribution in [3.05, 3.63) is 29.6 Å². The zero-order chi connectivity index (χ0) is 18.9. The van der Waals surface area contributed by atoms with Gasteiger partial charge in [0.25, 0.3) is 0 Å². The van der Waals surface area contributed by atoms with E-state index in [1.807, 2.05) is 6.92 Å². The molecular formula is C19H26FNO4. The summed E-state index contributed by atoms with van der Waals surface area (Å²) in [6.45, 7) is 7.26. The molecule has 0 saturated carbocycles. The van der Waals surface area contributed by atoms with Crippen molar-refractivity contribution >= 4 is 6.09 Å². The van der Waals surface area contributed by atoms with Crippen molar-refractivity contribution in [3.8, 4) is 17.6 Å². The van der Waals surface area contributed by atoms with Crippen LogP contribution < -0.4 is 10.1 Å². The first-order chi connectivity index (χ1) is 11.7. The van der Waals surface area contributed by atoms with Crippen LogP contribution in [0.3, 0.4) is 0 Å². The van der Waals surface area contributed by atoms with Gasteiger partial charge in [0.2, 0.25) is 0 Å². The number of carbonyl (C=O) groups is 1. The number of ether oxygens (including phenoxy) is 2. The summed E-state index contributed by atoms with van der Waals surface area (Å²) >= 11 is 0. The van der Waals surface area contributed by atoms with Crippen LogP contribution in [-0.2, 0) is 4.74 Å². The van der Waals surface area contributed by atoms with E-state index in [4.69, 9.17) is 14.6 Å². The molecule has 1 rings (SSSR count). The molecule has 0 spiro atoms. The molecule has 1 aromatic carbocycles. The Labute approximate surface area is 148 Å². The Kier molecular flexibility index (Phi) is 8.23. The molecule has 2 N–H and O–H groups in total. The van der Waals surface area contributed by atoms with Gasteiger partial charge in [-0.3, -0.25) is 0 Å². The minimum absolute atomic E-state index is 0.0921. The zero-order valence-corrected chi connectivity index (χ0v) is 15.2. The second kappa shape index (κ2) is 9.90. The lowest BCUT2D eigenvalue weighted by Crippen LogP contribution is -2.38. The van der Waals surface area contributed by atoms with E-state index < -0.39 is 23.6 Å². The number of halogens is 1. The molecule has 1 amide bonds. The van der Waals surface area contributed by atoms with Crippen LogP contribution in [0.4, 0.5) is 9.18 Å². The molecule has 0 aliphatic rings. The third kappa shape index (κ3) is 8.41. The van der Waals surface area contributed by atoms with Gasteiger partial charge in [0.05, 0.1) is 18.2 Å². The maximum absolute atomic E-state index is 13.5. The molecule has 1 unspecified atom stereocenters. The van der Waals surface area contributed by atoms with E-state index in [0.717, 1.165) is 6.42 Å². The van der Waals surface area contributed by atoms with Gasteiger partial charge < -0.3 is 19.9 Å². The molecule has 0 aliphatic carbocycles. The van der Waals surface area contributed by atoms with Crippen LogP contribution in [0.5, 0.6) is 5.75 Å². The van der Waals surface area contributed by atoms with E-state index in [9.17, 15) is 9.18 Å². The Morgan fingerprint density at radius 1 is 1.40 bits per heavy atom. The van der Waals surface area contributed by atoms with Gasteiger partial charge >= 0.3 is 6.09 Å². The fourth-order valence-corrected chi connectivity index (χ4v) is 1.97. The fraction of sp³-hybridized carbons (Fsp3) is 0.526. The molecule has 0 heterocycles. The third-order valence-corrected chi connectivity index (χ3v) is 2.94. The highest BCUT2D eigenvalue weighted by Gasteiger charge is 2.18. The second-order valence-electron chi connectivity index (χ2n) is 6.47. The number of benzene rings is 1. The van der Waals surface area contributed by atoms with E-state index in [-0.39, 0.29) is 13.2 Å². The first-order valence-electron chi connectivity index (χ1n) is 8.29. The summed E-state index contributed by atoms with van der Waals surface area (Å²) < 4.78 is 24.1. The fourth-order valence-electron chi connectivity index (χ4n) is 1.97. The van der Waals surface area contributed by atoms with Gasteiger partial charge in [-0.1, -0.05) is 25.2 Å². The quantitative estimate of drug-likeness (QED) is 0.772. The van der Waals surface area contributed by atoms with Gasteiger partial charge in [0.15, 0.2) is 0 Å². The molecule has 0 radical (unpaired) electrons. The lowest BCUT2D eigenvalue weighted by Gasteiger charge is -2.21. The number of alkyl carbamates (subject to hydrolysis) is 1. The van der Waals surface area contributed by atoms with Crippen LogP contribution in [-0.4, -0.2) is 36.1 Å². The van der Waals surface area contributed by atoms with E-state index in [1.165, 1.54) is 18.2 Å². The molecule has 5 nitrogen and oxygen atoms in total. The van der Waals surface area contributed by atoms with Crippen molar-refractivity contribution in [2.45, 2.75) is 52.2 Å². The number of amides is 1. The van der Waals surface area contributed by atoms with Gasteiger partial charge in [-0.15, -0.1) is 0 Å². The molecule has 25 heavy (non-hydrogen) atoms. The van der Waals surface area contributed by atoms with E-state index in [2.05, 4.69) is 17.2 Å². The van der Waals surface area contributed by atoms with Crippen molar-refractivity contribution in [2.75, 3.05) is 13.2 Å². The number of nitrogens with one attached hydrogen (secondary N) is 1. The lowest BCUT2D eigenvalue weighted by atomic mass is 10.1. The Balaban J connectivity index is 2.92. The Morgan fingerprint density at radius 2 is 2.12 bits per heavy atom. The lowest BCUT2D eigenvalue weighted by molar-refractivity contribution is 0.0514. The number of aliphatic hydroxyl groups excluding tert-OH is 1. The van der Waals surface area contributed by atoms with Crippen LogP contribution in [0.2, 0.25) is 0 Å². The summed E-state index contributed by atoms with van der Waals surface area (Å²) in [5.41, 5.74) is -0.233. The van der Waals surface area contributed by atoms with Gasteiger partial charge in [0, 0.05) is 0 Å². The Hall–Kier alpha value is -2.26. The van der Waals surface area contributed by atoms with Crippen molar-refractivity contribution in [2.24, 2.45) is 0 Å². The van der Waals surface area contributed by atoms with Crippen LogP contribution >= 0.6 is 0 Å². The minimum Gasteiger partial charge on any atom is -0.490 e. The van der Waals surface area contributed by atoms with Crippen LogP contribution in [0, 0.1) is 17.7 Å². The van der Waals surface area contributed by atoms with Gasteiger partial charge in [-0.05, 0) is 45.4 Å². The first kappa shape index (κ1) is 20.8. The summed E-state index contributed by atoms with van der Waals surface area (Å²) in [6.07, 6.45) is 0.900. The number of hydrogen-bond acceptors (Lipinski definition) is 4. The number of hydrogen-bond donors (Lipinski definition) is 2. The second-order valence-corrected chi connectivity index (χ2v) is 6.47. The first-order valence-corrected chi connectivity index (χ1v) is 8.29. The maximum atomic E-state index is 13.5. The van der Waals surface area contributed by atoms with Crippen LogP contribution in [0.1, 0.15) is 46.1 Å². The number of carbonyl (C=O) groups excluding carboxylic acids is 1. The standard InChI is InChI=1S/C19H26FNO4/c1-5-6-16(21-18(23)25-19(2,3)4)9-7-14-13-15(20)8-10-17(14)24-12-11-22/h8,10,13,16,22H,5-6,11-12H2,1-4H3,(H,21,23). The van der Waals surface area contributed by atoms with E-state index in [0.29, 0.717) is 17.7 Å². The monoisotopic (exact) mass is 351 g/mol. The molecule has 0 bridgehead atoms. The molecule has 138 valence electrons. The highest BCUT2D eigenvalue weighted by atomic mass is 19.1. The molecular weight excluding hydrogens is 325 g/mol. The van der Waals surface area contributed by atoms with E-state index >= 15 is 0 Å². The molecule has 1 aromatic rings. The third-order valence-electron chi connectivity index (χ3n) is 2.94. The largest absolute Gasteiger partial charge is 0.490 e. The molecule has 6 heteroatoms. The Morgan fingerprint density at radius 3 is 2.72 bits per heavy atom. The predicted molar refractivity (Wildman–Crippen MR) is 93.9 cm³/mol. The predicted octanol–water partition coefficient (Wildman–Crippen LogP) is 3.24. The van der Waals surface area contributed by atoms with Crippen molar-refractivity contribution < 1.29 is 23.8 Å². The minimum atomic E-state index is -0.595. The van der Waals surface area contributed by atoms with Gasteiger partial charge in [-0.25, -0.2) is 9.18 Å². The molecule has 0 saturated heterocycles. The van der Waals surface area contributed by atoms with Crippen molar-refractivity contribution in [3.63, 3.8) is 0 Å². The smallest absolute Gasteiger partial charge is 0.408 e. The summed E-state index contributed by atoms with van der Waals surface area (Å²) in [7, 11) is 0. The number of rotatable bonds is 6. The normalized spacial score (nSPS) is 11.9. The average molecular weight is 351 g/mol. The summed E-state index contributed by atoms with van der Waals surface area (Å²) in [5.74, 6) is 5.72. The highest BCUT2D eigenvalue weighted by Crippen LogP contribution is 2.18. The maximum Gasteiger partial charge on any atom is 0.408 e. The molecule has 0 aromatic heterocycles. The van der Waals surface area contributed by atoms with Crippen molar-refractivity contribution in [1.82, 2.24) is 5.32 Å².